The molecule has 0 aliphatic carbocycles. The van der Waals surface area contributed by atoms with Crippen LogP contribution in [-0.2, 0) is 0 Å². The van der Waals surface area contributed by atoms with Crippen LogP contribution in [0.3, 0.4) is 0 Å². The minimum atomic E-state index is -0.379. The Hall–Kier alpha value is -2.83. The van der Waals surface area contributed by atoms with Crippen molar-refractivity contribution in [3.8, 4) is 17.0 Å². The average Bonchev–Trinajstić information content (AvgIpc) is 3.23. The molecule has 1 amide bonds. The maximum Gasteiger partial charge on any atom is 0.273 e. The van der Waals surface area contributed by atoms with Gasteiger partial charge in [-0.25, -0.2) is 0 Å². The zero-order valence-corrected chi connectivity index (χ0v) is 17.0. The summed E-state index contributed by atoms with van der Waals surface area (Å²) in [6.45, 7) is 4.31. The number of nitrogens with zero attached hydrogens (tertiary/aromatic N) is 2. The summed E-state index contributed by atoms with van der Waals surface area (Å²) in [5.74, 6) is -0.0472. The molecule has 0 spiro atoms. The van der Waals surface area contributed by atoms with E-state index in [1.54, 1.807) is 23.1 Å². The third-order valence-electron chi connectivity index (χ3n) is 5.47. The summed E-state index contributed by atoms with van der Waals surface area (Å²) in [5, 5.41) is 27.7. The third kappa shape index (κ3) is 3.28. The molecule has 7 heteroatoms. The fourth-order valence-electron chi connectivity index (χ4n) is 3.86. The minimum Gasteiger partial charge on any atom is -0.507 e. The number of fused-ring (bicyclic) bond motifs is 1. The Kier molecular flexibility index (Phi) is 5.06. The van der Waals surface area contributed by atoms with Crippen LogP contribution in [0.1, 0.15) is 45.2 Å². The molecule has 1 atom stereocenters. The molecule has 2 aromatic carbocycles. The van der Waals surface area contributed by atoms with E-state index in [0.717, 1.165) is 22.3 Å². The first-order chi connectivity index (χ1) is 13.9. The first-order valence-corrected chi connectivity index (χ1v) is 9.86. The number of aromatic hydroxyl groups is 1. The van der Waals surface area contributed by atoms with Crippen LogP contribution in [0, 0.1) is 13.8 Å². The summed E-state index contributed by atoms with van der Waals surface area (Å²) < 4.78 is 0. The first kappa shape index (κ1) is 19.5. The van der Waals surface area contributed by atoms with Gasteiger partial charge in [-0.3, -0.25) is 9.89 Å². The van der Waals surface area contributed by atoms with Gasteiger partial charge in [0.1, 0.15) is 17.1 Å². The molecule has 0 saturated carbocycles. The van der Waals surface area contributed by atoms with Crippen molar-refractivity contribution in [1.82, 2.24) is 15.1 Å². The second-order valence-corrected chi connectivity index (χ2v) is 7.78. The summed E-state index contributed by atoms with van der Waals surface area (Å²) in [6, 6.07) is 10.6. The van der Waals surface area contributed by atoms with Crippen molar-refractivity contribution in [3.05, 3.63) is 69.4 Å². The van der Waals surface area contributed by atoms with Gasteiger partial charge in [-0.05, 0) is 61.2 Å². The highest BCUT2D eigenvalue weighted by Crippen LogP contribution is 2.45. The van der Waals surface area contributed by atoms with E-state index >= 15 is 0 Å². The van der Waals surface area contributed by atoms with Gasteiger partial charge >= 0.3 is 0 Å². The number of carbonyl (C=O) groups excluding carboxylic acids is 1. The molecule has 0 saturated heterocycles. The van der Waals surface area contributed by atoms with Gasteiger partial charge in [0.25, 0.3) is 5.91 Å². The van der Waals surface area contributed by atoms with E-state index in [0.29, 0.717) is 34.9 Å². The number of hydrogen-bond donors (Lipinski definition) is 3. The van der Waals surface area contributed by atoms with Gasteiger partial charge in [0.15, 0.2) is 0 Å². The number of phenols is 1. The van der Waals surface area contributed by atoms with E-state index in [1.165, 1.54) is 0 Å². The molecule has 0 unspecified atom stereocenters. The van der Waals surface area contributed by atoms with Crippen molar-refractivity contribution >= 4 is 17.5 Å². The molecule has 1 aliphatic heterocycles. The number of benzene rings is 2. The lowest BCUT2D eigenvalue weighted by Gasteiger charge is -2.26. The van der Waals surface area contributed by atoms with E-state index in [1.807, 2.05) is 32.0 Å². The predicted octanol–water partition coefficient (Wildman–Crippen LogP) is 3.98. The molecule has 0 radical (unpaired) electrons. The van der Waals surface area contributed by atoms with Crippen LogP contribution in [0.15, 0.2) is 36.4 Å². The molecule has 150 valence electrons. The van der Waals surface area contributed by atoms with E-state index in [2.05, 4.69) is 10.2 Å². The lowest BCUT2D eigenvalue weighted by Crippen LogP contribution is -2.31. The van der Waals surface area contributed by atoms with E-state index in [9.17, 15) is 15.0 Å². The number of aromatic amines is 1. The Bertz CT molecular complexity index is 1080. The molecule has 0 bridgehead atoms. The Morgan fingerprint density at radius 2 is 1.86 bits per heavy atom. The Balaban J connectivity index is 1.89. The molecule has 1 aromatic heterocycles. The molecule has 4 rings (SSSR count). The standard InChI is InChI=1S/C22H22ClN3O3/c1-12-10-16(17(28)11-13(12)2)19-18-20(25-24-19)22(29)26(8-3-9-27)21(18)14-4-6-15(23)7-5-14/h4-7,10-11,21,27-28H,3,8-9H2,1-2H3,(H,24,25)/t21-/m1/s1. The zero-order chi connectivity index (χ0) is 20.7. The molecule has 1 aliphatic rings. The van der Waals surface area contributed by atoms with Crippen molar-refractivity contribution in [1.29, 1.82) is 0 Å². The lowest BCUT2D eigenvalue weighted by atomic mass is 9.94. The fourth-order valence-corrected chi connectivity index (χ4v) is 3.98. The maximum atomic E-state index is 13.1. The van der Waals surface area contributed by atoms with E-state index in [4.69, 9.17) is 11.6 Å². The van der Waals surface area contributed by atoms with E-state index < -0.39 is 0 Å². The first-order valence-electron chi connectivity index (χ1n) is 9.48. The Labute approximate surface area is 173 Å². The topological polar surface area (TPSA) is 89.5 Å². The van der Waals surface area contributed by atoms with Crippen molar-refractivity contribution in [2.45, 2.75) is 26.3 Å². The van der Waals surface area contributed by atoms with Crippen LogP contribution in [0.4, 0.5) is 0 Å². The molecule has 0 fully saturated rings. The van der Waals surface area contributed by atoms with Gasteiger partial charge < -0.3 is 15.1 Å². The number of amides is 1. The van der Waals surface area contributed by atoms with Gasteiger partial charge in [0.2, 0.25) is 0 Å². The van der Waals surface area contributed by atoms with Crippen LogP contribution in [0.5, 0.6) is 5.75 Å². The second-order valence-electron chi connectivity index (χ2n) is 7.34. The number of rotatable bonds is 5. The smallest absolute Gasteiger partial charge is 0.273 e. The summed E-state index contributed by atoms with van der Waals surface area (Å²) in [6.07, 6.45) is 0.470. The Morgan fingerprint density at radius 1 is 1.17 bits per heavy atom. The van der Waals surface area contributed by atoms with Gasteiger partial charge in [-0.1, -0.05) is 23.7 Å². The van der Waals surface area contributed by atoms with Crippen molar-refractivity contribution < 1.29 is 15.0 Å². The minimum absolute atomic E-state index is 0.00585. The third-order valence-corrected chi connectivity index (χ3v) is 5.73. The molecule has 3 N–H and O–H groups in total. The van der Waals surface area contributed by atoms with Crippen LogP contribution in [0.25, 0.3) is 11.3 Å². The SMILES string of the molecule is Cc1cc(O)c(-c2n[nH]c3c2[C@@H](c2ccc(Cl)cc2)N(CCCO)C3=O)cc1C. The van der Waals surface area contributed by atoms with Crippen molar-refractivity contribution in [3.63, 3.8) is 0 Å². The van der Waals surface area contributed by atoms with E-state index in [-0.39, 0.29) is 24.3 Å². The molecular formula is C22H22ClN3O3. The van der Waals surface area contributed by atoms with Gasteiger partial charge in [0.05, 0.1) is 6.04 Å². The van der Waals surface area contributed by atoms with Crippen molar-refractivity contribution in [2.24, 2.45) is 0 Å². The number of aromatic nitrogens is 2. The molecule has 6 nitrogen and oxygen atoms in total. The van der Waals surface area contributed by atoms with Crippen LogP contribution in [-0.4, -0.2) is 44.4 Å². The number of carbonyl (C=O) groups is 1. The van der Waals surface area contributed by atoms with Gasteiger partial charge in [-0.15, -0.1) is 0 Å². The average molecular weight is 412 g/mol. The Morgan fingerprint density at radius 3 is 2.55 bits per heavy atom. The zero-order valence-electron chi connectivity index (χ0n) is 16.2. The quantitative estimate of drug-likeness (QED) is 0.592. The fraction of sp³-hybridized carbons (Fsp3) is 0.273. The maximum absolute atomic E-state index is 13.1. The number of halogens is 1. The molecule has 2 heterocycles. The second kappa shape index (κ2) is 7.54. The lowest BCUT2D eigenvalue weighted by molar-refractivity contribution is 0.0732. The number of hydrogen-bond acceptors (Lipinski definition) is 4. The highest BCUT2D eigenvalue weighted by Gasteiger charge is 2.42. The summed E-state index contributed by atoms with van der Waals surface area (Å²) in [5.41, 5.74) is 5.18. The highest BCUT2D eigenvalue weighted by atomic mass is 35.5. The normalized spacial score (nSPS) is 15.8. The number of aliphatic hydroxyl groups is 1. The highest BCUT2D eigenvalue weighted by molar-refractivity contribution is 6.30. The largest absolute Gasteiger partial charge is 0.507 e. The number of nitrogens with one attached hydrogen (secondary N) is 1. The molecule has 29 heavy (non-hydrogen) atoms. The monoisotopic (exact) mass is 411 g/mol. The van der Waals surface area contributed by atoms with Crippen molar-refractivity contribution in [2.75, 3.05) is 13.2 Å². The molecule has 3 aromatic rings. The van der Waals surface area contributed by atoms with Gasteiger partial charge in [-0.2, -0.15) is 5.10 Å². The summed E-state index contributed by atoms with van der Waals surface area (Å²) in [4.78, 5) is 14.8. The number of aryl methyl sites for hydroxylation is 2. The number of aliphatic hydroxyl groups excluding tert-OH is 1. The van der Waals surface area contributed by atoms with Crippen LogP contribution < -0.4 is 0 Å². The summed E-state index contributed by atoms with van der Waals surface area (Å²) >= 11 is 6.06. The molecular weight excluding hydrogens is 390 g/mol. The van der Waals surface area contributed by atoms with Crippen LogP contribution in [0.2, 0.25) is 5.02 Å². The van der Waals surface area contributed by atoms with Crippen LogP contribution >= 0.6 is 11.6 Å². The number of phenolic OH excluding ortho intramolecular Hbond substituents is 1. The number of H-pyrrole nitrogens is 1. The summed E-state index contributed by atoms with van der Waals surface area (Å²) in [7, 11) is 0. The predicted molar refractivity (Wildman–Crippen MR) is 111 cm³/mol. The van der Waals surface area contributed by atoms with Gasteiger partial charge in [0, 0.05) is 29.3 Å².